The standard InChI is InChI=1S/C26H24N4O4/c31-23(28-12-6-7-13-28)17-29-16-19(20-10-4-5-11-22(20)29)14-21-24(32)27-26(34)30(25(21)33)15-18-8-2-1-3-9-18/h1-5,8-11,14,16H,6-7,12-13,15,17H2,(H,27,32,34). The number of barbiturate groups is 1. The minimum absolute atomic E-state index is 0.0450. The van der Waals surface area contributed by atoms with Crippen molar-refractivity contribution in [2.24, 2.45) is 0 Å². The number of nitrogens with zero attached hydrogens (tertiary/aromatic N) is 3. The van der Waals surface area contributed by atoms with Gasteiger partial charge in [-0.2, -0.15) is 0 Å². The number of carbonyl (C=O) groups excluding carboxylic acids is 4. The maximum absolute atomic E-state index is 13.2. The van der Waals surface area contributed by atoms with E-state index in [0.29, 0.717) is 5.56 Å². The molecule has 5 rings (SSSR count). The van der Waals surface area contributed by atoms with E-state index in [9.17, 15) is 19.2 Å². The lowest BCUT2D eigenvalue weighted by Gasteiger charge is -2.26. The van der Waals surface area contributed by atoms with Crippen molar-refractivity contribution in [2.45, 2.75) is 25.9 Å². The fourth-order valence-corrected chi connectivity index (χ4v) is 4.49. The van der Waals surface area contributed by atoms with E-state index in [2.05, 4.69) is 5.32 Å². The Labute approximate surface area is 196 Å². The van der Waals surface area contributed by atoms with E-state index in [4.69, 9.17) is 0 Å². The molecule has 2 aliphatic rings. The first kappa shape index (κ1) is 21.6. The Morgan fingerprint density at radius 3 is 2.41 bits per heavy atom. The highest BCUT2D eigenvalue weighted by atomic mass is 16.2. The molecule has 0 saturated carbocycles. The van der Waals surface area contributed by atoms with Gasteiger partial charge in [-0.1, -0.05) is 48.5 Å². The third-order valence-corrected chi connectivity index (χ3v) is 6.25. The van der Waals surface area contributed by atoms with Gasteiger partial charge in [-0.15, -0.1) is 0 Å². The van der Waals surface area contributed by atoms with Crippen molar-refractivity contribution in [3.63, 3.8) is 0 Å². The molecule has 0 spiro atoms. The number of benzene rings is 2. The smallest absolute Gasteiger partial charge is 0.331 e. The molecule has 3 aromatic rings. The van der Waals surface area contributed by atoms with Crippen LogP contribution in [0.2, 0.25) is 0 Å². The summed E-state index contributed by atoms with van der Waals surface area (Å²) in [6.07, 6.45) is 5.32. The third kappa shape index (κ3) is 4.10. The van der Waals surface area contributed by atoms with Crippen molar-refractivity contribution in [1.29, 1.82) is 0 Å². The molecule has 2 saturated heterocycles. The van der Waals surface area contributed by atoms with Crippen LogP contribution in [-0.2, 0) is 27.5 Å². The molecule has 0 unspecified atom stereocenters. The predicted molar refractivity (Wildman–Crippen MR) is 126 cm³/mol. The van der Waals surface area contributed by atoms with Crippen molar-refractivity contribution in [2.75, 3.05) is 13.1 Å². The first-order valence-electron chi connectivity index (χ1n) is 11.3. The van der Waals surface area contributed by atoms with Gasteiger partial charge in [0.05, 0.1) is 6.54 Å². The van der Waals surface area contributed by atoms with E-state index >= 15 is 0 Å². The van der Waals surface area contributed by atoms with Crippen LogP contribution in [0.3, 0.4) is 0 Å². The zero-order chi connectivity index (χ0) is 23.7. The van der Waals surface area contributed by atoms with Crippen LogP contribution in [0.15, 0.2) is 66.4 Å². The summed E-state index contributed by atoms with van der Waals surface area (Å²) >= 11 is 0. The quantitative estimate of drug-likeness (QED) is 0.472. The molecule has 1 N–H and O–H groups in total. The second-order valence-electron chi connectivity index (χ2n) is 8.51. The molecular weight excluding hydrogens is 432 g/mol. The molecule has 172 valence electrons. The van der Waals surface area contributed by atoms with E-state index in [1.165, 1.54) is 6.08 Å². The SMILES string of the molecule is O=C1NC(=O)N(Cc2ccccc2)C(=O)C1=Cc1cn(CC(=O)N2CCCC2)c2ccccc12. The molecule has 2 aliphatic heterocycles. The van der Waals surface area contributed by atoms with Crippen LogP contribution in [0, 0.1) is 0 Å². The van der Waals surface area contributed by atoms with Crippen LogP contribution in [0.25, 0.3) is 17.0 Å². The van der Waals surface area contributed by atoms with Gasteiger partial charge in [-0.25, -0.2) is 4.79 Å². The van der Waals surface area contributed by atoms with Gasteiger partial charge in [0.2, 0.25) is 5.91 Å². The number of urea groups is 1. The second kappa shape index (κ2) is 8.97. The van der Waals surface area contributed by atoms with Crippen molar-refractivity contribution >= 4 is 40.7 Å². The highest BCUT2D eigenvalue weighted by Crippen LogP contribution is 2.26. The van der Waals surface area contributed by atoms with Crippen LogP contribution >= 0.6 is 0 Å². The molecule has 0 radical (unpaired) electrons. The number of para-hydroxylation sites is 1. The lowest BCUT2D eigenvalue weighted by molar-refractivity contribution is -0.131. The van der Waals surface area contributed by atoms with Crippen LogP contribution in [0.5, 0.6) is 0 Å². The normalized spacial score (nSPS) is 17.6. The van der Waals surface area contributed by atoms with Gasteiger partial charge < -0.3 is 9.47 Å². The van der Waals surface area contributed by atoms with Gasteiger partial charge in [-0.05, 0) is 30.5 Å². The monoisotopic (exact) mass is 456 g/mol. The molecule has 5 amide bonds. The summed E-state index contributed by atoms with van der Waals surface area (Å²) in [6.45, 7) is 1.79. The fourth-order valence-electron chi connectivity index (χ4n) is 4.49. The molecule has 0 bridgehead atoms. The summed E-state index contributed by atoms with van der Waals surface area (Å²) < 4.78 is 1.85. The number of nitrogens with one attached hydrogen (secondary N) is 1. The highest BCUT2D eigenvalue weighted by molar-refractivity contribution is 6.31. The number of rotatable bonds is 5. The Balaban J connectivity index is 1.48. The Morgan fingerprint density at radius 2 is 1.65 bits per heavy atom. The second-order valence-corrected chi connectivity index (χ2v) is 8.51. The van der Waals surface area contributed by atoms with Crippen LogP contribution in [0.1, 0.15) is 24.0 Å². The molecule has 0 atom stereocenters. The Kier molecular flexibility index (Phi) is 5.71. The van der Waals surface area contributed by atoms with E-state index in [1.54, 1.807) is 6.20 Å². The fraction of sp³-hybridized carbons (Fsp3) is 0.231. The number of likely N-dealkylation sites (tertiary alicyclic amines) is 1. The summed E-state index contributed by atoms with van der Waals surface area (Å²) in [5.41, 5.74) is 2.13. The molecule has 34 heavy (non-hydrogen) atoms. The summed E-state index contributed by atoms with van der Waals surface area (Å²) in [5, 5.41) is 3.08. The summed E-state index contributed by atoms with van der Waals surface area (Å²) in [5.74, 6) is -1.34. The minimum Gasteiger partial charge on any atom is -0.341 e. The summed E-state index contributed by atoms with van der Waals surface area (Å²) in [7, 11) is 0. The number of hydrogen-bond acceptors (Lipinski definition) is 4. The van der Waals surface area contributed by atoms with Crippen LogP contribution in [-0.4, -0.2) is 51.2 Å². The van der Waals surface area contributed by atoms with Gasteiger partial charge in [0.15, 0.2) is 0 Å². The summed E-state index contributed by atoms with van der Waals surface area (Å²) in [4.78, 5) is 53.8. The van der Waals surface area contributed by atoms with E-state index in [-0.39, 0.29) is 24.6 Å². The van der Waals surface area contributed by atoms with Crippen molar-refractivity contribution in [1.82, 2.24) is 19.7 Å². The zero-order valence-electron chi connectivity index (χ0n) is 18.6. The van der Waals surface area contributed by atoms with Gasteiger partial charge >= 0.3 is 6.03 Å². The maximum atomic E-state index is 13.2. The minimum atomic E-state index is -0.741. The molecule has 3 heterocycles. The average molecular weight is 457 g/mol. The predicted octanol–water partition coefficient (Wildman–Crippen LogP) is 2.93. The number of amides is 5. The number of carbonyl (C=O) groups is 4. The van der Waals surface area contributed by atoms with E-state index in [1.807, 2.05) is 64.1 Å². The Morgan fingerprint density at radius 1 is 0.941 bits per heavy atom. The van der Waals surface area contributed by atoms with Gasteiger partial charge in [0.25, 0.3) is 11.8 Å². The lowest BCUT2D eigenvalue weighted by atomic mass is 10.1. The molecule has 8 heteroatoms. The van der Waals surface area contributed by atoms with Crippen molar-refractivity contribution < 1.29 is 19.2 Å². The molecular formula is C26H24N4O4. The molecule has 0 aliphatic carbocycles. The van der Waals surface area contributed by atoms with Crippen molar-refractivity contribution in [3.8, 4) is 0 Å². The third-order valence-electron chi connectivity index (χ3n) is 6.25. The molecule has 2 aromatic carbocycles. The van der Waals surface area contributed by atoms with Gasteiger partial charge in [0.1, 0.15) is 12.1 Å². The molecule has 8 nitrogen and oxygen atoms in total. The first-order valence-corrected chi connectivity index (χ1v) is 11.3. The number of aromatic nitrogens is 1. The Bertz CT molecular complexity index is 1320. The van der Waals surface area contributed by atoms with E-state index in [0.717, 1.165) is 47.3 Å². The van der Waals surface area contributed by atoms with Crippen LogP contribution in [0.4, 0.5) is 4.79 Å². The summed E-state index contributed by atoms with van der Waals surface area (Å²) in [6, 6.07) is 15.9. The molecule has 1 aromatic heterocycles. The van der Waals surface area contributed by atoms with Gasteiger partial charge in [0, 0.05) is 35.8 Å². The molecule has 2 fully saturated rings. The number of fused-ring (bicyclic) bond motifs is 1. The largest absolute Gasteiger partial charge is 0.341 e. The number of imide groups is 2. The van der Waals surface area contributed by atoms with Crippen molar-refractivity contribution in [3.05, 3.63) is 77.5 Å². The highest BCUT2D eigenvalue weighted by Gasteiger charge is 2.36. The van der Waals surface area contributed by atoms with Crippen LogP contribution < -0.4 is 5.32 Å². The topological polar surface area (TPSA) is 91.7 Å². The zero-order valence-corrected chi connectivity index (χ0v) is 18.6. The van der Waals surface area contributed by atoms with Gasteiger partial charge in [-0.3, -0.25) is 24.6 Å². The average Bonchev–Trinajstić information content (AvgIpc) is 3.49. The number of hydrogen-bond donors (Lipinski definition) is 1. The first-order chi connectivity index (χ1) is 16.5. The Hall–Kier alpha value is -4.20. The maximum Gasteiger partial charge on any atom is 0.331 e. The lowest BCUT2D eigenvalue weighted by Crippen LogP contribution is -2.53. The van der Waals surface area contributed by atoms with E-state index < -0.39 is 17.8 Å².